The molecule has 0 aromatic heterocycles. The Hall–Kier alpha value is -1.68. The highest BCUT2D eigenvalue weighted by atomic mass is 35.5. The van der Waals surface area contributed by atoms with Gasteiger partial charge in [-0.25, -0.2) is 4.79 Å². The Morgan fingerprint density at radius 1 is 1.24 bits per heavy atom. The quantitative estimate of drug-likeness (QED) is 0.777. The smallest absolute Gasteiger partial charge is 0.349 e. The van der Waals surface area contributed by atoms with Gasteiger partial charge in [0.05, 0.1) is 14.2 Å². The number of methoxy groups -OCH3 is 2. The van der Waals surface area contributed by atoms with Crippen molar-refractivity contribution in [1.29, 1.82) is 0 Å². The van der Waals surface area contributed by atoms with Crippen LogP contribution in [0.5, 0.6) is 11.5 Å². The molecule has 5 heteroatoms. The van der Waals surface area contributed by atoms with E-state index in [1.807, 2.05) is 6.07 Å². The molecule has 0 saturated carbocycles. The number of allylic oxidation sites excluding steroid dienone is 1. The molecule has 0 aliphatic carbocycles. The monoisotopic (exact) mass is 256 g/mol. The molecule has 1 aromatic rings. The number of ether oxygens (including phenoxy) is 2. The third-order valence-electron chi connectivity index (χ3n) is 2.25. The fourth-order valence-electron chi connectivity index (χ4n) is 1.36. The molecule has 0 fully saturated rings. The molecule has 92 valence electrons. The van der Waals surface area contributed by atoms with E-state index >= 15 is 0 Å². The Morgan fingerprint density at radius 3 is 2.41 bits per heavy atom. The fraction of sp³-hybridized carbons (Fsp3) is 0.250. The molecule has 1 aromatic carbocycles. The predicted octanol–water partition coefficient (Wildman–Crippen LogP) is 2.80. The Kier molecular flexibility index (Phi) is 4.84. The lowest BCUT2D eigenvalue weighted by Gasteiger charge is -2.09. The van der Waals surface area contributed by atoms with Crippen molar-refractivity contribution in [1.82, 2.24) is 0 Å². The van der Waals surface area contributed by atoms with Gasteiger partial charge in [-0.05, 0) is 30.2 Å². The first kappa shape index (κ1) is 13.4. The molecule has 0 unspecified atom stereocenters. The van der Waals surface area contributed by atoms with Gasteiger partial charge in [-0.1, -0.05) is 6.07 Å². The summed E-state index contributed by atoms with van der Waals surface area (Å²) in [5.74, 6) is 0.611. The number of carbonyl (C=O) groups is 1. The van der Waals surface area contributed by atoms with Crippen LogP contribution < -0.4 is 9.47 Å². The van der Waals surface area contributed by atoms with E-state index in [4.69, 9.17) is 21.3 Å². The largest absolute Gasteiger partial charge is 0.493 e. The minimum absolute atomic E-state index is 0.594. The lowest BCUT2D eigenvalue weighted by molar-refractivity contribution is -0.128. The highest BCUT2D eigenvalue weighted by Crippen LogP contribution is 2.30. The molecule has 0 N–H and O–H groups in total. The summed E-state index contributed by atoms with van der Waals surface area (Å²) in [5, 5.41) is 0. The second-order valence-corrected chi connectivity index (χ2v) is 3.45. The van der Waals surface area contributed by atoms with E-state index in [1.54, 1.807) is 33.3 Å². The van der Waals surface area contributed by atoms with E-state index < -0.39 is 5.97 Å². The highest BCUT2D eigenvalue weighted by molar-refractivity contribution is 6.15. The second kappa shape index (κ2) is 6.15. The maximum Gasteiger partial charge on any atom is 0.349 e. The summed E-state index contributed by atoms with van der Waals surface area (Å²) in [7, 11) is 3.11. The van der Waals surface area contributed by atoms with Crippen molar-refractivity contribution in [3.05, 3.63) is 29.8 Å². The molecular weight excluding hydrogens is 244 g/mol. The summed E-state index contributed by atoms with van der Waals surface area (Å²) in [6.45, 7) is 1.77. The Balaban J connectivity index is 3.07. The number of carbonyl (C=O) groups excluding carboxylic acids is 1. The van der Waals surface area contributed by atoms with Gasteiger partial charge < -0.3 is 13.8 Å². The molecule has 0 aliphatic heterocycles. The van der Waals surface area contributed by atoms with Crippen LogP contribution in [0.4, 0.5) is 0 Å². The average molecular weight is 257 g/mol. The maximum atomic E-state index is 11.0. The van der Waals surface area contributed by atoms with Gasteiger partial charge in [0.1, 0.15) is 11.9 Å². The first-order valence-corrected chi connectivity index (χ1v) is 5.16. The van der Waals surface area contributed by atoms with E-state index in [9.17, 15) is 4.79 Å². The number of benzene rings is 1. The molecule has 0 bridgehead atoms. The van der Waals surface area contributed by atoms with Gasteiger partial charge >= 0.3 is 5.97 Å². The molecule has 4 nitrogen and oxygen atoms in total. The lowest BCUT2D eigenvalue weighted by atomic mass is 10.1. The summed E-state index contributed by atoms with van der Waals surface area (Å²) in [4.78, 5) is 11.0. The van der Waals surface area contributed by atoms with Crippen molar-refractivity contribution < 1.29 is 18.6 Å². The summed E-state index contributed by atoms with van der Waals surface area (Å²) >= 11 is 4.95. The van der Waals surface area contributed by atoms with Crippen molar-refractivity contribution in [3.8, 4) is 11.5 Å². The van der Waals surface area contributed by atoms with Gasteiger partial charge in [-0.2, -0.15) is 0 Å². The van der Waals surface area contributed by atoms with Crippen molar-refractivity contribution >= 4 is 23.4 Å². The van der Waals surface area contributed by atoms with E-state index in [1.165, 1.54) is 6.08 Å². The third-order valence-corrected chi connectivity index (χ3v) is 2.40. The first-order chi connectivity index (χ1) is 8.12. The topological polar surface area (TPSA) is 44.8 Å². The lowest BCUT2D eigenvalue weighted by Crippen LogP contribution is -1.94. The number of halogens is 1. The van der Waals surface area contributed by atoms with Gasteiger partial charge in [-0.15, -0.1) is 0 Å². The van der Waals surface area contributed by atoms with Gasteiger partial charge in [0, 0.05) is 6.08 Å². The normalized spacial score (nSPS) is 10.9. The minimum atomic E-state index is -0.612. The van der Waals surface area contributed by atoms with E-state index in [2.05, 4.69) is 4.29 Å². The van der Waals surface area contributed by atoms with Crippen LogP contribution in [-0.2, 0) is 9.08 Å². The minimum Gasteiger partial charge on any atom is -0.493 e. The Morgan fingerprint density at radius 2 is 1.88 bits per heavy atom. The van der Waals surface area contributed by atoms with Gasteiger partial charge in [-0.3, -0.25) is 0 Å². The molecule has 0 spiro atoms. The second-order valence-electron chi connectivity index (χ2n) is 3.29. The van der Waals surface area contributed by atoms with Crippen molar-refractivity contribution in [3.63, 3.8) is 0 Å². The third kappa shape index (κ3) is 3.39. The zero-order valence-electron chi connectivity index (χ0n) is 9.82. The fourth-order valence-corrected chi connectivity index (χ4v) is 1.41. The van der Waals surface area contributed by atoms with Crippen LogP contribution in [0, 0.1) is 0 Å². The first-order valence-electron chi connectivity index (χ1n) is 4.85. The summed E-state index contributed by atoms with van der Waals surface area (Å²) in [6, 6.07) is 5.35. The zero-order valence-corrected chi connectivity index (χ0v) is 10.6. The molecule has 17 heavy (non-hydrogen) atoms. The van der Waals surface area contributed by atoms with Crippen LogP contribution in [0.2, 0.25) is 0 Å². The Labute approximate surface area is 105 Å². The van der Waals surface area contributed by atoms with Gasteiger partial charge in [0.25, 0.3) is 0 Å². The van der Waals surface area contributed by atoms with E-state index in [-0.39, 0.29) is 0 Å². The average Bonchev–Trinajstić information content (AvgIpc) is 2.37. The molecule has 0 atom stereocenters. The Bertz CT molecular complexity index is 440. The SMILES string of the molecule is COc1ccc(/C(C)=C/C(=O)OCl)cc1OC. The van der Waals surface area contributed by atoms with Crippen LogP contribution in [-0.4, -0.2) is 20.2 Å². The number of hydrogen-bond acceptors (Lipinski definition) is 4. The molecule has 0 amide bonds. The standard InChI is InChI=1S/C12H13ClO4/c1-8(6-12(14)17-13)9-4-5-10(15-2)11(7-9)16-3/h4-7H,1-3H3/b8-6+. The van der Waals surface area contributed by atoms with Crippen LogP contribution in [0.3, 0.4) is 0 Å². The summed E-state index contributed by atoms with van der Waals surface area (Å²) in [5.41, 5.74) is 1.54. The van der Waals surface area contributed by atoms with Crippen LogP contribution >= 0.6 is 11.9 Å². The van der Waals surface area contributed by atoms with E-state index in [0.29, 0.717) is 11.5 Å². The molecule has 0 radical (unpaired) electrons. The van der Waals surface area contributed by atoms with Gasteiger partial charge in [0.15, 0.2) is 11.5 Å². The molecule has 0 aliphatic rings. The summed E-state index contributed by atoms with van der Waals surface area (Å²) < 4.78 is 14.3. The molecular formula is C12H13ClO4. The van der Waals surface area contributed by atoms with E-state index in [0.717, 1.165) is 11.1 Å². The molecule has 0 saturated heterocycles. The maximum absolute atomic E-state index is 11.0. The van der Waals surface area contributed by atoms with Crippen molar-refractivity contribution in [2.75, 3.05) is 14.2 Å². The molecule has 0 heterocycles. The highest BCUT2D eigenvalue weighted by Gasteiger charge is 2.07. The van der Waals surface area contributed by atoms with Crippen molar-refractivity contribution in [2.24, 2.45) is 0 Å². The number of hydrogen-bond donors (Lipinski definition) is 0. The van der Waals surface area contributed by atoms with Crippen LogP contribution in [0.1, 0.15) is 12.5 Å². The van der Waals surface area contributed by atoms with Crippen LogP contribution in [0.25, 0.3) is 5.57 Å². The van der Waals surface area contributed by atoms with Gasteiger partial charge in [0.2, 0.25) is 0 Å². The number of rotatable bonds is 4. The van der Waals surface area contributed by atoms with Crippen molar-refractivity contribution in [2.45, 2.75) is 6.92 Å². The molecule has 1 rings (SSSR count). The predicted molar refractivity (Wildman–Crippen MR) is 65.1 cm³/mol. The zero-order chi connectivity index (χ0) is 12.8. The van der Waals surface area contributed by atoms with Crippen LogP contribution in [0.15, 0.2) is 24.3 Å². The summed E-state index contributed by atoms with van der Waals surface area (Å²) in [6.07, 6.45) is 1.30.